The van der Waals surface area contributed by atoms with Gasteiger partial charge in [0, 0.05) is 31.9 Å². The minimum atomic E-state index is -0.335. The highest BCUT2D eigenvalue weighted by molar-refractivity contribution is 7.80. The number of hydrogen-bond donors (Lipinski definition) is 3. The lowest BCUT2D eigenvalue weighted by molar-refractivity contribution is 0.0196. The number of nitrogens with one attached hydrogen (secondary N) is 1. The van der Waals surface area contributed by atoms with E-state index < -0.39 is 0 Å². The molecule has 0 bridgehead atoms. The van der Waals surface area contributed by atoms with Gasteiger partial charge in [0.05, 0.1) is 0 Å². The Bertz CT molecular complexity index is 112. The van der Waals surface area contributed by atoms with Gasteiger partial charge in [-0.1, -0.05) is 6.92 Å². The normalized spacial score (nSPS) is 13.6. The Balaban J connectivity index is 3.45. The molecule has 4 heteroatoms. The van der Waals surface area contributed by atoms with Crippen LogP contribution in [0.3, 0.4) is 0 Å². The van der Waals surface area contributed by atoms with Crippen LogP contribution in [0, 0.1) is 0 Å². The van der Waals surface area contributed by atoms with Crippen molar-refractivity contribution in [2.24, 2.45) is 0 Å². The van der Waals surface area contributed by atoms with E-state index in [1.54, 1.807) is 0 Å². The van der Waals surface area contributed by atoms with E-state index in [4.69, 9.17) is 0 Å². The predicted molar refractivity (Wildman–Crippen MR) is 60.3 cm³/mol. The summed E-state index contributed by atoms with van der Waals surface area (Å²) in [6.45, 7) is 7.65. The van der Waals surface area contributed by atoms with E-state index in [-0.39, 0.29) is 6.23 Å². The molecular formula is C9H22N2OS. The van der Waals surface area contributed by atoms with Gasteiger partial charge in [-0.25, -0.2) is 0 Å². The maximum atomic E-state index is 9.38. The molecule has 80 valence electrons. The molecule has 0 spiro atoms. The fourth-order valence-electron chi connectivity index (χ4n) is 1.20. The van der Waals surface area contributed by atoms with E-state index in [0.717, 1.165) is 38.4 Å². The van der Waals surface area contributed by atoms with Gasteiger partial charge in [-0.15, -0.1) is 0 Å². The van der Waals surface area contributed by atoms with E-state index in [1.807, 2.05) is 6.92 Å². The molecule has 1 atom stereocenters. The van der Waals surface area contributed by atoms with Crippen LogP contribution in [0.5, 0.6) is 0 Å². The molecule has 0 aromatic rings. The molecular weight excluding hydrogens is 184 g/mol. The van der Waals surface area contributed by atoms with Crippen LogP contribution >= 0.6 is 12.6 Å². The van der Waals surface area contributed by atoms with E-state index in [0.29, 0.717) is 0 Å². The molecule has 3 nitrogen and oxygen atoms in total. The standard InChI is InChI=1S/C9H22N2OS/c1-3-6-11(9(2)12)7-4-10-5-8-13/h9-10,12-13H,3-8H2,1-2H3. The zero-order valence-corrected chi connectivity index (χ0v) is 9.56. The van der Waals surface area contributed by atoms with Crippen LogP contribution in [0.2, 0.25) is 0 Å². The SMILES string of the molecule is CCCN(CCNCCS)C(C)O. The third-order valence-electron chi connectivity index (χ3n) is 1.90. The molecule has 0 saturated heterocycles. The second-order valence-corrected chi connectivity index (χ2v) is 3.59. The number of aliphatic hydroxyl groups excluding tert-OH is 1. The van der Waals surface area contributed by atoms with Gasteiger partial charge in [-0.2, -0.15) is 12.6 Å². The lowest BCUT2D eigenvalue weighted by Crippen LogP contribution is -2.39. The van der Waals surface area contributed by atoms with Crippen LogP contribution < -0.4 is 5.32 Å². The third-order valence-corrected chi connectivity index (χ3v) is 2.13. The number of nitrogens with zero attached hydrogens (tertiary/aromatic N) is 1. The van der Waals surface area contributed by atoms with Crippen LogP contribution in [0.4, 0.5) is 0 Å². The molecule has 0 rings (SSSR count). The average Bonchev–Trinajstić information content (AvgIpc) is 2.10. The van der Waals surface area contributed by atoms with Crippen LogP contribution in [0.1, 0.15) is 20.3 Å². The second kappa shape index (κ2) is 8.81. The van der Waals surface area contributed by atoms with E-state index in [9.17, 15) is 5.11 Å². The Morgan fingerprint density at radius 2 is 2.08 bits per heavy atom. The molecule has 0 radical (unpaired) electrons. The summed E-state index contributed by atoms with van der Waals surface area (Å²) in [6.07, 6.45) is 0.745. The Morgan fingerprint density at radius 3 is 2.54 bits per heavy atom. The number of thiol groups is 1. The van der Waals surface area contributed by atoms with Gasteiger partial charge in [-0.3, -0.25) is 4.90 Å². The van der Waals surface area contributed by atoms with Crippen molar-refractivity contribution in [1.82, 2.24) is 10.2 Å². The molecule has 2 N–H and O–H groups in total. The lowest BCUT2D eigenvalue weighted by atomic mass is 10.4. The van der Waals surface area contributed by atoms with E-state index >= 15 is 0 Å². The van der Waals surface area contributed by atoms with Gasteiger partial charge in [0.25, 0.3) is 0 Å². The first-order valence-corrected chi connectivity index (χ1v) is 5.59. The highest BCUT2D eigenvalue weighted by Crippen LogP contribution is 1.95. The summed E-state index contributed by atoms with van der Waals surface area (Å²) in [6, 6.07) is 0. The fourth-order valence-corrected chi connectivity index (χ4v) is 1.36. The third kappa shape index (κ3) is 7.31. The van der Waals surface area contributed by atoms with Crippen molar-refractivity contribution >= 4 is 12.6 Å². The molecule has 0 aliphatic rings. The van der Waals surface area contributed by atoms with Crippen molar-refractivity contribution in [1.29, 1.82) is 0 Å². The molecule has 0 aromatic heterocycles. The predicted octanol–water partition coefficient (Wildman–Crippen LogP) is 0.556. The zero-order valence-electron chi connectivity index (χ0n) is 8.66. The molecule has 0 saturated carbocycles. The van der Waals surface area contributed by atoms with Gasteiger partial charge >= 0.3 is 0 Å². The highest BCUT2D eigenvalue weighted by atomic mass is 32.1. The Morgan fingerprint density at radius 1 is 1.38 bits per heavy atom. The summed E-state index contributed by atoms with van der Waals surface area (Å²) in [5.74, 6) is 0.864. The zero-order chi connectivity index (χ0) is 10.1. The minimum Gasteiger partial charge on any atom is -0.379 e. The summed E-state index contributed by atoms with van der Waals surface area (Å²) in [5.41, 5.74) is 0. The Kier molecular flexibility index (Phi) is 8.97. The molecule has 0 aliphatic heterocycles. The first kappa shape index (κ1) is 13.2. The van der Waals surface area contributed by atoms with Crippen molar-refractivity contribution < 1.29 is 5.11 Å². The van der Waals surface area contributed by atoms with Crippen LogP contribution in [-0.4, -0.2) is 48.2 Å². The molecule has 0 fully saturated rings. The quantitative estimate of drug-likeness (QED) is 0.308. The van der Waals surface area contributed by atoms with Gasteiger partial charge in [0.15, 0.2) is 0 Å². The maximum absolute atomic E-state index is 9.38. The Hall–Kier alpha value is 0.230. The van der Waals surface area contributed by atoms with E-state index in [1.165, 1.54) is 0 Å². The maximum Gasteiger partial charge on any atom is 0.104 e. The number of aliphatic hydroxyl groups is 1. The van der Waals surface area contributed by atoms with Gasteiger partial charge in [0.2, 0.25) is 0 Å². The van der Waals surface area contributed by atoms with Crippen LogP contribution in [-0.2, 0) is 0 Å². The summed E-state index contributed by atoms with van der Waals surface area (Å²) in [4.78, 5) is 2.06. The first-order chi connectivity index (χ1) is 6.22. The monoisotopic (exact) mass is 206 g/mol. The van der Waals surface area contributed by atoms with Crippen molar-refractivity contribution in [2.45, 2.75) is 26.5 Å². The van der Waals surface area contributed by atoms with Crippen molar-refractivity contribution in [3.8, 4) is 0 Å². The van der Waals surface area contributed by atoms with Crippen molar-refractivity contribution in [3.05, 3.63) is 0 Å². The summed E-state index contributed by atoms with van der Waals surface area (Å²) in [7, 11) is 0. The smallest absolute Gasteiger partial charge is 0.104 e. The van der Waals surface area contributed by atoms with Crippen molar-refractivity contribution in [3.63, 3.8) is 0 Å². The lowest BCUT2D eigenvalue weighted by Gasteiger charge is -2.24. The fraction of sp³-hybridized carbons (Fsp3) is 1.00. The first-order valence-electron chi connectivity index (χ1n) is 4.96. The van der Waals surface area contributed by atoms with Gasteiger partial charge in [0.1, 0.15) is 6.23 Å². The molecule has 0 aliphatic carbocycles. The largest absolute Gasteiger partial charge is 0.379 e. The molecule has 1 unspecified atom stereocenters. The average molecular weight is 206 g/mol. The van der Waals surface area contributed by atoms with Crippen molar-refractivity contribution in [2.75, 3.05) is 31.9 Å². The number of hydrogen-bond acceptors (Lipinski definition) is 4. The summed E-state index contributed by atoms with van der Waals surface area (Å²) >= 11 is 4.10. The topological polar surface area (TPSA) is 35.5 Å². The van der Waals surface area contributed by atoms with Gasteiger partial charge < -0.3 is 10.4 Å². The molecule has 0 amide bonds. The molecule has 0 heterocycles. The highest BCUT2D eigenvalue weighted by Gasteiger charge is 2.07. The molecule has 0 aromatic carbocycles. The minimum absolute atomic E-state index is 0.335. The number of rotatable bonds is 8. The Labute approximate surface area is 86.9 Å². The van der Waals surface area contributed by atoms with Crippen LogP contribution in [0.25, 0.3) is 0 Å². The van der Waals surface area contributed by atoms with Crippen LogP contribution in [0.15, 0.2) is 0 Å². The molecule has 13 heavy (non-hydrogen) atoms. The van der Waals surface area contributed by atoms with Gasteiger partial charge in [-0.05, 0) is 13.3 Å². The van der Waals surface area contributed by atoms with E-state index in [2.05, 4.69) is 29.8 Å². The summed E-state index contributed by atoms with van der Waals surface area (Å²) < 4.78 is 0. The summed E-state index contributed by atoms with van der Waals surface area (Å²) in [5, 5.41) is 12.6. The second-order valence-electron chi connectivity index (χ2n) is 3.14.